The molecule has 118 valence electrons. The molecule has 1 atom stereocenters. The second-order valence-electron chi connectivity index (χ2n) is 6.04. The smallest absolute Gasteiger partial charge is 0.240 e. The summed E-state index contributed by atoms with van der Waals surface area (Å²) in [6, 6.07) is 5.03. The van der Waals surface area contributed by atoms with Gasteiger partial charge >= 0.3 is 0 Å². The van der Waals surface area contributed by atoms with Crippen LogP contribution in [0.15, 0.2) is 18.2 Å². The number of hydrogen-bond acceptors (Lipinski definition) is 2. The molecule has 1 rings (SSSR count). The van der Waals surface area contributed by atoms with E-state index in [1.165, 1.54) is 0 Å². The molecule has 0 spiro atoms. The summed E-state index contributed by atoms with van der Waals surface area (Å²) in [6.45, 7) is 8.58. The number of benzene rings is 1. The number of nitrogens with two attached hydrogens (primary N) is 1. The fourth-order valence-electron chi connectivity index (χ4n) is 2.17. The number of rotatable bonds is 6. The molecule has 0 heterocycles. The Balaban J connectivity index is 2.86. The first-order valence-corrected chi connectivity index (χ1v) is 7.98. The van der Waals surface area contributed by atoms with Gasteiger partial charge in [0.25, 0.3) is 0 Å². The van der Waals surface area contributed by atoms with Gasteiger partial charge in [0.15, 0.2) is 0 Å². The van der Waals surface area contributed by atoms with E-state index in [9.17, 15) is 4.79 Å². The topological polar surface area (TPSA) is 46.3 Å². The first-order chi connectivity index (χ1) is 9.72. The van der Waals surface area contributed by atoms with Crippen molar-refractivity contribution < 1.29 is 4.79 Å². The molecule has 0 radical (unpaired) electrons. The maximum absolute atomic E-state index is 12.5. The third-order valence-electron chi connectivity index (χ3n) is 3.29. The zero-order valence-electron chi connectivity index (χ0n) is 13.1. The fraction of sp³-hybridized carbons (Fsp3) is 0.562. The van der Waals surface area contributed by atoms with Crippen molar-refractivity contribution in [2.45, 2.75) is 52.7 Å². The van der Waals surface area contributed by atoms with Crippen LogP contribution in [0.5, 0.6) is 0 Å². The van der Waals surface area contributed by atoms with Crippen LogP contribution in [0.3, 0.4) is 0 Å². The molecule has 5 heteroatoms. The van der Waals surface area contributed by atoms with E-state index in [2.05, 4.69) is 13.8 Å². The molecule has 0 unspecified atom stereocenters. The summed E-state index contributed by atoms with van der Waals surface area (Å²) in [4.78, 5) is 14.3. The highest BCUT2D eigenvalue weighted by molar-refractivity contribution is 6.42. The molecule has 3 nitrogen and oxygen atoms in total. The van der Waals surface area contributed by atoms with Gasteiger partial charge in [-0.25, -0.2) is 0 Å². The molecule has 0 aromatic heterocycles. The summed E-state index contributed by atoms with van der Waals surface area (Å²) in [6.07, 6.45) is 0.684. The van der Waals surface area contributed by atoms with Crippen molar-refractivity contribution in [2.24, 2.45) is 11.7 Å². The lowest BCUT2D eigenvalue weighted by atomic mass is 10.0. The third kappa shape index (κ3) is 5.50. The Kier molecular flexibility index (Phi) is 6.98. The molecule has 0 saturated heterocycles. The van der Waals surface area contributed by atoms with E-state index in [-0.39, 0.29) is 11.9 Å². The van der Waals surface area contributed by atoms with Gasteiger partial charge in [0.1, 0.15) is 0 Å². The molecule has 1 amide bonds. The Morgan fingerprint density at radius 3 is 2.29 bits per heavy atom. The Morgan fingerprint density at radius 2 is 1.81 bits per heavy atom. The second kappa shape index (κ2) is 8.02. The predicted molar refractivity (Wildman–Crippen MR) is 89.6 cm³/mol. The van der Waals surface area contributed by atoms with Crippen LogP contribution in [0, 0.1) is 5.92 Å². The van der Waals surface area contributed by atoms with Gasteiger partial charge in [-0.3, -0.25) is 4.79 Å². The highest BCUT2D eigenvalue weighted by Gasteiger charge is 2.24. The van der Waals surface area contributed by atoms with Crippen LogP contribution in [-0.2, 0) is 11.3 Å². The number of hydrogen-bond donors (Lipinski definition) is 1. The van der Waals surface area contributed by atoms with E-state index < -0.39 is 6.04 Å². The highest BCUT2D eigenvalue weighted by atomic mass is 35.5. The maximum Gasteiger partial charge on any atom is 0.240 e. The van der Waals surface area contributed by atoms with Gasteiger partial charge in [0.2, 0.25) is 5.91 Å². The molecule has 21 heavy (non-hydrogen) atoms. The van der Waals surface area contributed by atoms with Crippen molar-refractivity contribution >= 4 is 29.1 Å². The zero-order valence-corrected chi connectivity index (χ0v) is 14.6. The number of amides is 1. The molecule has 0 aliphatic carbocycles. The van der Waals surface area contributed by atoms with Gasteiger partial charge in [-0.15, -0.1) is 0 Å². The van der Waals surface area contributed by atoms with Gasteiger partial charge in [0.05, 0.1) is 16.1 Å². The van der Waals surface area contributed by atoms with E-state index in [0.717, 1.165) is 5.56 Å². The van der Waals surface area contributed by atoms with Crippen LogP contribution in [-0.4, -0.2) is 22.9 Å². The van der Waals surface area contributed by atoms with Crippen molar-refractivity contribution in [1.29, 1.82) is 0 Å². The lowest BCUT2D eigenvalue weighted by molar-refractivity contribution is -0.135. The van der Waals surface area contributed by atoms with E-state index in [1.54, 1.807) is 17.0 Å². The van der Waals surface area contributed by atoms with E-state index in [0.29, 0.717) is 28.9 Å². The van der Waals surface area contributed by atoms with Crippen molar-refractivity contribution in [2.75, 3.05) is 0 Å². The summed E-state index contributed by atoms with van der Waals surface area (Å²) in [5.74, 6) is 0.368. The molecule has 0 saturated carbocycles. The van der Waals surface area contributed by atoms with Crippen LogP contribution in [0.25, 0.3) is 0 Å². The molecule has 1 aromatic rings. The van der Waals surface area contributed by atoms with Gasteiger partial charge in [0, 0.05) is 12.6 Å². The number of halogens is 2. The summed E-state index contributed by atoms with van der Waals surface area (Å²) in [7, 11) is 0. The van der Waals surface area contributed by atoms with Crippen LogP contribution in [0.1, 0.15) is 39.7 Å². The average Bonchev–Trinajstić information content (AvgIpc) is 2.38. The third-order valence-corrected chi connectivity index (χ3v) is 4.02. The number of nitrogens with zero attached hydrogens (tertiary/aromatic N) is 1. The van der Waals surface area contributed by atoms with Crippen LogP contribution >= 0.6 is 23.2 Å². The van der Waals surface area contributed by atoms with Crippen LogP contribution in [0.2, 0.25) is 10.0 Å². The normalized spacial score (nSPS) is 12.8. The second-order valence-corrected chi connectivity index (χ2v) is 6.86. The van der Waals surface area contributed by atoms with E-state index in [4.69, 9.17) is 28.9 Å². The largest absolute Gasteiger partial charge is 0.335 e. The first-order valence-electron chi connectivity index (χ1n) is 7.22. The average molecular weight is 331 g/mol. The quantitative estimate of drug-likeness (QED) is 0.853. The molecule has 0 fully saturated rings. The van der Waals surface area contributed by atoms with Gasteiger partial charge < -0.3 is 10.6 Å². The van der Waals surface area contributed by atoms with Gasteiger partial charge in [-0.1, -0.05) is 43.1 Å². The van der Waals surface area contributed by atoms with E-state index >= 15 is 0 Å². The summed E-state index contributed by atoms with van der Waals surface area (Å²) in [5.41, 5.74) is 6.97. The summed E-state index contributed by atoms with van der Waals surface area (Å²) in [5, 5.41) is 1.01. The van der Waals surface area contributed by atoms with Crippen molar-refractivity contribution in [3.05, 3.63) is 33.8 Å². The summed E-state index contributed by atoms with van der Waals surface area (Å²) >= 11 is 11.9. The van der Waals surface area contributed by atoms with Crippen molar-refractivity contribution in [1.82, 2.24) is 4.90 Å². The molecule has 2 N–H and O–H groups in total. The lowest BCUT2D eigenvalue weighted by Gasteiger charge is -2.30. The monoisotopic (exact) mass is 330 g/mol. The van der Waals surface area contributed by atoms with E-state index in [1.807, 2.05) is 19.9 Å². The predicted octanol–water partition coefficient (Wildman–Crippen LogP) is 4.10. The minimum atomic E-state index is -0.463. The maximum atomic E-state index is 12.5. The summed E-state index contributed by atoms with van der Waals surface area (Å²) < 4.78 is 0. The van der Waals surface area contributed by atoms with Gasteiger partial charge in [-0.2, -0.15) is 0 Å². The van der Waals surface area contributed by atoms with Crippen molar-refractivity contribution in [3.63, 3.8) is 0 Å². The molecular weight excluding hydrogens is 307 g/mol. The molecule has 0 aliphatic rings. The standard InChI is InChI=1S/C16H24Cl2N2O/c1-10(2)7-15(19)16(21)20(11(3)4)9-12-5-6-13(17)14(18)8-12/h5-6,8,10-11,15H,7,9,19H2,1-4H3/t15-/m1/s1. The van der Waals surface area contributed by atoms with Gasteiger partial charge in [-0.05, 0) is 43.9 Å². The SMILES string of the molecule is CC(C)C[C@@H](N)C(=O)N(Cc1ccc(Cl)c(Cl)c1)C(C)C. The minimum absolute atomic E-state index is 0.0234. The fourth-order valence-corrected chi connectivity index (χ4v) is 2.49. The molecule has 0 aliphatic heterocycles. The molecule has 0 bridgehead atoms. The lowest BCUT2D eigenvalue weighted by Crippen LogP contribution is -2.47. The van der Waals surface area contributed by atoms with Crippen LogP contribution in [0.4, 0.5) is 0 Å². The number of carbonyl (C=O) groups excluding carboxylic acids is 1. The Hall–Kier alpha value is -0.770. The Morgan fingerprint density at radius 1 is 1.19 bits per heavy atom. The Bertz CT molecular complexity index is 489. The first kappa shape index (κ1) is 18.3. The van der Waals surface area contributed by atoms with Crippen molar-refractivity contribution in [3.8, 4) is 0 Å². The minimum Gasteiger partial charge on any atom is -0.335 e. The Labute approximate surface area is 137 Å². The zero-order chi connectivity index (χ0) is 16.2. The number of carbonyl (C=O) groups is 1. The van der Waals surface area contributed by atoms with Crippen LogP contribution < -0.4 is 5.73 Å². The molecule has 1 aromatic carbocycles. The molecular formula is C16H24Cl2N2O. The highest BCUT2D eigenvalue weighted by Crippen LogP contribution is 2.24.